The van der Waals surface area contributed by atoms with E-state index in [1.54, 1.807) is 30.1 Å². The van der Waals surface area contributed by atoms with Gasteiger partial charge in [-0.25, -0.2) is 19.4 Å². The molecule has 2 rings (SSSR count). The van der Waals surface area contributed by atoms with Gasteiger partial charge in [0.25, 0.3) is 0 Å². The highest BCUT2D eigenvalue weighted by Crippen LogP contribution is 2.25. The van der Waals surface area contributed by atoms with Crippen LogP contribution in [0.2, 0.25) is 0 Å². The summed E-state index contributed by atoms with van der Waals surface area (Å²) in [5.41, 5.74) is 0.661. The summed E-state index contributed by atoms with van der Waals surface area (Å²) in [5, 5.41) is 8.05. The molecule has 0 aliphatic heterocycles. The first-order valence-corrected chi connectivity index (χ1v) is 6.80. The van der Waals surface area contributed by atoms with E-state index in [0.29, 0.717) is 24.7 Å². The lowest BCUT2D eigenvalue weighted by atomic mass is 9.90. The second kappa shape index (κ2) is 5.99. The molecule has 2 aromatic heterocycles. The number of hydrogen-bond donors (Lipinski definition) is 0. The molecule has 0 saturated carbocycles. The standard InChI is InChI=1S/C14H19N5O2/c1-5-21-13(20)11-12(14(2,3)4)19(18-17-11)9-10-15-7-6-8-16-10/h6-8H,5,9H2,1-4H3. The molecule has 0 spiro atoms. The van der Waals surface area contributed by atoms with Gasteiger partial charge in [-0.3, -0.25) is 0 Å². The van der Waals surface area contributed by atoms with Crippen LogP contribution in [0.25, 0.3) is 0 Å². The van der Waals surface area contributed by atoms with Crippen LogP contribution in [0.1, 0.15) is 49.7 Å². The van der Waals surface area contributed by atoms with E-state index in [-0.39, 0.29) is 11.1 Å². The molecule has 2 heterocycles. The summed E-state index contributed by atoms with van der Waals surface area (Å²) in [4.78, 5) is 20.4. The van der Waals surface area contributed by atoms with E-state index < -0.39 is 5.97 Å². The molecule has 0 aromatic carbocycles. The lowest BCUT2D eigenvalue weighted by Gasteiger charge is -2.20. The summed E-state index contributed by atoms with van der Waals surface area (Å²) in [6, 6.07) is 1.75. The van der Waals surface area contributed by atoms with Gasteiger partial charge in [-0.1, -0.05) is 26.0 Å². The van der Waals surface area contributed by atoms with Gasteiger partial charge in [0.2, 0.25) is 0 Å². The average Bonchev–Trinajstić information content (AvgIpc) is 2.84. The molecule has 0 atom stereocenters. The fourth-order valence-corrected chi connectivity index (χ4v) is 2.05. The Hall–Kier alpha value is -2.31. The van der Waals surface area contributed by atoms with E-state index in [2.05, 4.69) is 20.3 Å². The van der Waals surface area contributed by atoms with Crippen molar-refractivity contribution in [1.29, 1.82) is 0 Å². The molecule has 0 saturated heterocycles. The lowest BCUT2D eigenvalue weighted by molar-refractivity contribution is 0.0516. The molecule has 0 radical (unpaired) electrons. The number of esters is 1. The van der Waals surface area contributed by atoms with Gasteiger partial charge in [0, 0.05) is 17.8 Å². The minimum absolute atomic E-state index is 0.250. The number of nitrogens with zero attached hydrogens (tertiary/aromatic N) is 5. The lowest BCUT2D eigenvalue weighted by Crippen LogP contribution is -2.23. The van der Waals surface area contributed by atoms with Crippen molar-refractivity contribution in [2.75, 3.05) is 6.61 Å². The molecule has 21 heavy (non-hydrogen) atoms. The summed E-state index contributed by atoms with van der Waals surface area (Å²) in [5.74, 6) is 0.158. The number of carbonyl (C=O) groups excluding carboxylic acids is 1. The maximum atomic E-state index is 12.0. The zero-order valence-corrected chi connectivity index (χ0v) is 12.7. The van der Waals surface area contributed by atoms with Gasteiger partial charge in [0.05, 0.1) is 12.3 Å². The van der Waals surface area contributed by atoms with E-state index >= 15 is 0 Å². The van der Waals surface area contributed by atoms with Gasteiger partial charge >= 0.3 is 5.97 Å². The van der Waals surface area contributed by atoms with Gasteiger partial charge in [-0.2, -0.15) is 0 Å². The van der Waals surface area contributed by atoms with Crippen LogP contribution in [0.4, 0.5) is 0 Å². The normalized spacial score (nSPS) is 11.4. The Balaban J connectivity index is 2.40. The van der Waals surface area contributed by atoms with E-state index in [4.69, 9.17) is 4.74 Å². The van der Waals surface area contributed by atoms with E-state index in [0.717, 1.165) is 0 Å². The number of ether oxygens (including phenoxy) is 1. The Labute approximate surface area is 123 Å². The summed E-state index contributed by atoms with van der Waals surface area (Å²) in [6.45, 7) is 8.41. The largest absolute Gasteiger partial charge is 0.461 e. The van der Waals surface area contributed by atoms with Crippen LogP contribution in [0.5, 0.6) is 0 Å². The summed E-state index contributed by atoms with van der Waals surface area (Å²) in [6.07, 6.45) is 3.34. The number of aromatic nitrogens is 5. The molecule has 7 heteroatoms. The summed E-state index contributed by atoms with van der Waals surface area (Å²) in [7, 11) is 0. The Kier molecular flexibility index (Phi) is 4.30. The Morgan fingerprint density at radius 2 is 1.95 bits per heavy atom. The molecule has 0 bridgehead atoms. The maximum absolute atomic E-state index is 12.0. The predicted molar refractivity (Wildman–Crippen MR) is 75.8 cm³/mol. The predicted octanol–water partition coefficient (Wildman–Crippen LogP) is 1.59. The van der Waals surface area contributed by atoms with Crippen molar-refractivity contribution in [3.05, 3.63) is 35.7 Å². The van der Waals surface area contributed by atoms with Gasteiger partial charge in [-0.05, 0) is 13.0 Å². The van der Waals surface area contributed by atoms with Crippen molar-refractivity contribution in [2.45, 2.75) is 39.7 Å². The zero-order valence-electron chi connectivity index (χ0n) is 12.7. The minimum Gasteiger partial charge on any atom is -0.461 e. The highest BCUT2D eigenvalue weighted by Gasteiger charge is 2.30. The molecular formula is C14H19N5O2. The molecule has 0 N–H and O–H groups in total. The van der Waals surface area contributed by atoms with Crippen LogP contribution < -0.4 is 0 Å². The average molecular weight is 289 g/mol. The number of carbonyl (C=O) groups is 1. The topological polar surface area (TPSA) is 82.8 Å². The Morgan fingerprint density at radius 1 is 1.29 bits per heavy atom. The van der Waals surface area contributed by atoms with E-state index in [1.807, 2.05) is 20.8 Å². The molecule has 0 fully saturated rings. The van der Waals surface area contributed by atoms with Crippen molar-refractivity contribution >= 4 is 5.97 Å². The SMILES string of the molecule is CCOC(=O)c1nnn(Cc2ncccn2)c1C(C)(C)C. The second-order valence-corrected chi connectivity index (χ2v) is 5.58. The van der Waals surface area contributed by atoms with Gasteiger partial charge in [0.1, 0.15) is 12.4 Å². The van der Waals surface area contributed by atoms with Crippen LogP contribution in [0.3, 0.4) is 0 Å². The van der Waals surface area contributed by atoms with Gasteiger partial charge < -0.3 is 4.74 Å². The van der Waals surface area contributed by atoms with Crippen molar-refractivity contribution in [2.24, 2.45) is 0 Å². The fourth-order valence-electron chi connectivity index (χ4n) is 2.05. The molecule has 0 aliphatic rings. The monoisotopic (exact) mass is 289 g/mol. The first kappa shape index (κ1) is 15.1. The van der Waals surface area contributed by atoms with Crippen LogP contribution in [-0.4, -0.2) is 37.5 Å². The van der Waals surface area contributed by atoms with E-state index in [1.165, 1.54) is 0 Å². The van der Waals surface area contributed by atoms with Crippen LogP contribution in [0, 0.1) is 0 Å². The van der Waals surface area contributed by atoms with Crippen LogP contribution in [0.15, 0.2) is 18.5 Å². The summed E-state index contributed by atoms with van der Waals surface area (Å²) < 4.78 is 6.70. The maximum Gasteiger partial charge on any atom is 0.360 e. The van der Waals surface area contributed by atoms with Crippen molar-refractivity contribution in [3.8, 4) is 0 Å². The van der Waals surface area contributed by atoms with Gasteiger partial charge in [-0.15, -0.1) is 5.10 Å². The third-order valence-corrected chi connectivity index (χ3v) is 2.82. The molecule has 7 nitrogen and oxygen atoms in total. The highest BCUT2D eigenvalue weighted by molar-refractivity contribution is 5.88. The quantitative estimate of drug-likeness (QED) is 0.795. The molecule has 112 valence electrons. The third kappa shape index (κ3) is 3.42. The summed E-state index contributed by atoms with van der Waals surface area (Å²) >= 11 is 0. The zero-order chi connectivity index (χ0) is 15.5. The smallest absolute Gasteiger partial charge is 0.360 e. The first-order valence-electron chi connectivity index (χ1n) is 6.80. The van der Waals surface area contributed by atoms with Crippen LogP contribution in [-0.2, 0) is 16.7 Å². The molecular weight excluding hydrogens is 270 g/mol. The Morgan fingerprint density at radius 3 is 2.52 bits per heavy atom. The number of rotatable bonds is 4. The number of hydrogen-bond acceptors (Lipinski definition) is 6. The first-order chi connectivity index (χ1) is 9.93. The van der Waals surface area contributed by atoms with Crippen molar-refractivity contribution in [3.63, 3.8) is 0 Å². The third-order valence-electron chi connectivity index (χ3n) is 2.82. The molecule has 2 aromatic rings. The van der Waals surface area contributed by atoms with Gasteiger partial charge in [0.15, 0.2) is 5.69 Å². The second-order valence-electron chi connectivity index (χ2n) is 5.58. The van der Waals surface area contributed by atoms with Crippen molar-refractivity contribution in [1.82, 2.24) is 25.0 Å². The molecule has 0 unspecified atom stereocenters. The van der Waals surface area contributed by atoms with E-state index in [9.17, 15) is 4.79 Å². The molecule has 0 aliphatic carbocycles. The van der Waals surface area contributed by atoms with Crippen molar-refractivity contribution < 1.29 is 9.53 Å². The van der Waals surface area contributed by atoms with Crippen LogP contribution >= 0.6 is 0 Å². The fraction of sp³-hybridized carbons (Fsp3) is 0.500. The highest BCUT2D eigenvalue weighted by atomic mass is 16.5. The minimum atomic E-state index is -0.456. The molecule has 0 amide bonds. The Bertz CT molecular complexity index is 616.